The van der Waals surface area contributed by atoms with E-state index in [1.807, 2.05) is 94.4 Å². The Kier molecular flexibility index (Phi) is 34.6. The minimum atomic E-state index is -1.76. The normalized spacial score (nSPS) is 17.0. The number of hydrogen-bond acceptors (Lipinski definition) is 20. The Labute approximate surface area is 649 Å². The van der Waals surface area contributed by atoms with Crippen LogP contribution in [-0.4, -0.2) is 154 Å². The van der Waals surface area contributed by atoms with Crippen molar-refractivity contribution >= 4 is 169 Å². The number of esters is 5. The largest absolute Gasteiger partial charge is 0.481 e. The SMILES string of the molecule is CC(=O)O[C@H](C)c1ccc2ccc(/C=C/C(C)(C)C(=O)C[C@H](C(=O)N[C@@H](C)C(=O)N3CCC[C@@H](C(=O)OCC(Cl)(Cl)Cl)N3)C(C)C)cc2n1.CC(=O)O[C@H](C)c1ccc2ccc(/C=C/C(C)(C)C(=O)O)cc2n1.CC(C)[C@H](CC(=O)OC(C)(C)C)C(=O)N[C@@H](C)C(=O)N1CCC[C@@H](C(=O)OCC(Cl)(Cl)Cl)N1. The number of aromatic nitrogens is 2. The number of halogens is 6. The highest BCUT2D eigenvalue weighted by Gasteiger charge is 2.38. The van der Waals surface area contributed by atoms with Gasteiger partial charge < -0.3 is 39.4 Å². The number of fused-ring (bicyclic) bond motifs is 2. The number of nitrogens with one attached hydrogen (secondary N) is 4. The number of carboxylic acid groups (broad SMARTS) is 1. The van der Waals surface area contributed by atoms with E-state index < -0.39 is 133 Å². The maximum absolute atomic E-state index is 13.6. The monoisotopic (exact) mass is 1590 g/mol. The molecule has 2 aliphatic heterocycles. The number of aliphatic carboxylic acids is 1. The summed E-state index contributed by atoms with van der Waals surface area (Å²) in [5.41, 5.74) is 7.63. The first kappa shape index (κ1) is 91.2. The molecule has 0 saturated carbocycles. The number of pyridine rings is 2. The van der Waals surface area contributed by atoms with Gasteiger partial charge in [-0.15, -0.1) is 0 Å². The smallest absolute Gasteiger partial charge is 0.325 e. The van der Waals surface area contributed by atoms with E-state index >= 15 is 0 Å². The van der Waals surface area contributed by atoms with E-state index in [-0.39, 0.29) is 42.4 Å². The molecule has 2 aromatic carbocycles. The highest BCUT2D eigenvalue weighted by atomic mass is 35.6. The molecule has 0 spiro atoms. The molecule has 8 atom stereocenters. The third-order valence-electron chi connectivity index (χ3n) is 16.8. The lowest BCUT2D eigenvalue weighted by atomic mass is 9.79. The van der Waals surface area contributed by atoms with Crippen LogP contribution in [0.15, 0.2) is 72.8 Å². The summed E-state index contributed by atoms with van der Waals surface area (Å²) in [6, 6.07) is 15.5. The van der Waals surface area contributed by atoms with E-state index in [9.17, 15) is 52.7 Å². The lowest BCUT2D eigenvalue weighted by Gasteiger charge is -2.34. The van der Waals surface area contributed by atoms with Gasteiger partial charge in [-0.1, -0.05) is 158 Å². The molecule has 0 aliphatic carbocycles. The zero-order chi connectivity index (χ0) is 80.1. The van der Waals surface area contributed by atoms with Crippen LogP contribution in [0.1, 0.15) is 191 Å². The number of carboxylic acids is 1. The van der Waals surface area contributed by atoms with Gasteiger partial charge in [-0.05, 0) is 149 Å². The number of ether oxygens (including phenoxy) is 5. The lowest BCUT2D eigenvalue weighted by molar-refractivity contribution is -0.158. The number of hydrogen-bond donors (Lipinski definition) is 5. The molecular formula is C75H100Cl6N8O17. The predicted octanol–water partition coefficient (Wildman–Crippen LogP) is 12.9. The Bertz CT molecular complexity index is 3850. The maximum atomic E-state index is 13.6. The van der Waals surface area contributed by atoms with Crippen molar-refractivity contribution < 1.29 is 81.5 Å². The van der Waals surface area contributed by atoms with E-state index in [0.717, 1.165) is 32.9 Å². The number of carbonyl (C=O) groups excluding carboxylic acids is 10. The summed E-state index contributed by atoms with van der Waals surface area (Å²) < 4.78 is 22.3. The van der Waals surface area contributed by atoms with Crippen LogP contribution in [-0.2, 0) is 76.4 Å². The molecule has 31 heteroatoms. The van der Waals surface area contributed by atoms with Gasteiger partial charge in [0, 0.05) is 55.5 Å². The summed E-state index contributed by atoms with van der Waals surface area (Å²) in [7, 11) is 0. The van der Waals surface area contributed by atoms with Gasteiger partial charge in [-0.25, -0.2) is 20.8 Å². The Morgan fingerprint density at radius 2 is 0.925 bits per heavy atom. The lowest BCUT2D eigenvalue weighted by Crippen LogP contribution is -2.60. The average Bonchev–Trinajstić information content (AvgIpc) is 0.818. The van der Waals surface area contributed by atoms with Gasteiger partial charge in [-0.2, -0.15) is 0 Å². The third kappa shape index (κ3) is 30.8. The molecule has 4 aromatic rings. The molecule has 25 nitrogen and oxygen atoms in total. The zero-order valence-corrected chi connectivity index (χ0v) is 67.5. The van der Waals surface area contributed by atoms with E-state index in [1.54, 1.807) is 87.5 Å². The summed E-state index contributed by atoms with van der Waals surface area (Å²) in [6.07, 6.45) is 7.96. The highest BCUT2D eigenvalue weighted by Crippen LogP contribution is 2.32. The van der Waals surface area contributed by atoms with Crippen LogP contribution >= 0.6 is 69.6 Å². The number of hydrazine groups is 2. The Morgan fingerprint density at radius 3 is 1.27 bits per heavy atom. The summed E-state index contributed by atoms with van der Waals surface area (Å²) in [5.74, 6) is -6.93. The first-order valence-corrected chi connectivity index (χ1v) is 37.0. The number of allylic oxidation sites excluding steroid dienone is 1. The van der Waals surface area contributed by atoms with E-state index in [1.165, 1.54) is 30.8 Å². The fraction of sp³-hybridized carbons (Fsp3) is 0.560. The van der Waals surface area contributed by atoms with Gasteiger partial charge in [-0.3, -0.25) is 62.8 Å². The van der Waals surface area contributed by atoms with Gasteiger partial charge in [0.05, 0.1) is 40.2 Å². The summed E-state index contributed by atoms with van der Waals surface area (Å²) in [4.78, 5) is 146. The molecule has 0 radical (unpaired) electrons. The van der Waals surface area contributed by atoms with Gasteiger partial charge in [0.2, 0.25) is 19.4 Å². The van der Waals surface area contributed by atoms with Crippen LogP contribution in [0.3, 0.4) is 0 Å². The van der Waals surface area contributed by atoms with Crippen molar-refractivity contribution in [1.82, 2.24) is 41.5 Å². The number of nitrogens with zero attached hydrogens (tertiary/aromatic N) is 4. The van der Waals surface area contributed by atoms with Crippen LogP contribution in [0.4, 0.5) is 0 Å². The number of ketones is 1. The third-order valence-corrected chi connectivity index (χ3v) is 17.5. The fourth-order valence-electron chi connectivity index (χ4n) is 10.6. The summed E-state index contributed by atoms with van der Waals surface area (Å²) in [6.45, 7) is 28.6. The molecule has 0 unspecified atom stereocenters. The number of amides is 4. The van der Waals surface area contributed by atoms with Crippen molar-refractivity contribution in [1.29, 1.82) is 0 Å². The van der Waals surface area contributed by atoms with E-state index in [4.69, 9.17) is 98.4 Å². The molecule has 4 amide bonds. The van der Waals surface area contributed by atoms with Crippen molar-refractivity contribution in [3.63, 3.8) is 0 Å². The zero-order valence-electron chi connectivity index (χ0n) is 63.0. The number of rotatable bonds is 26. The van der Waals surface area contributed by atoms with Crippen molar-refractivity contribution in [3.05, 3.63) is 95.3 Å². The summed E-state index contributed by atoms with van der Waals surface area (Å²) >= 11 is 33.8. The number of Topliss-reactive ketones (excluding diaryl/α,β-unsaturated/α-hetero) is 1. The van der Waals surface area contributed by atoms with Gasteiger partial charge in [0.15, 0.2) is 0 Å². The number of alkyl halides is 6. The van der Waals surface area contributed by atoms with E-state index in [0.29, 0.717) is 50.2 Å². The molecule has 106 heavy (non-hydrogen) atoms. The van der Waals surface area contributed by atoms with Crippen molar-refractivity contribution in [2.45, 2.75) is 206 Å². The standard InChI is InChI=1S/C35H45Cl3N4O7.C21H34Cl3N3O6.C19H21NO4/c1-20(2)26(31(45)39-21(3)32(46)42-16-8-9-28(41-42)33(47)48-19-35(36,37)38)18-30(44)34(6,7)15-14-24-10-11-25-12-13-27(40-29(25)17-24)22(4)49-23(5)43;1-12(2)14(10-16(28)33-20(4,5)6)17(29)25-13(3)18(30)27-9-7-8-15(26-27)19(31)32-11-21(22,23)24;1-12(24-13(2)21)16-8-7-15-6-5-14(11-17(15)20-16)9-10-19(3,4)18(22)23/h10-15,17,20-22,26,28,41H,8-9,16,18-19H2,1-7H3,(H,39,45);12-15,26H,7-11H2,1-6H3,(H,25,29);5-12H,1-4H3,(H,22,23)/b15-14+;;10-9+/t21-,22+,26-,28-;13-,14-,15-;12-/m001/s1. The second-order valence-corrected chi connectivity index (χ2v) is 34.0. The molecule has 0 bridgehead atoms. The quantitative estimate of drug-likeness (QED) is 0.0221. The van der Waals surface area contributed by atoms with Gasteiger partial charge in [0.1, 0.15) is 61.0 Å². The first-order chi connectivity index (χ1) is 49.0. The minimum Gasteiger partial charge on any atom is -0.481 e. The summed E-state index contributed by atoms with van der Waals surface area (Å²) in [5, 5.41) is 19.0. The second-order valence-electron chi connectivity index (χ2n) is 28.9. The Balaban J connectivity index is 0.000000360. The van der Waals surface area contributed by atoms with Crippen LogP contribution in [0, 0.1) is 34.5 Å². The molecule has 4 heterocycles. The molecular weight excluding hydrogens is 1500 g/mol. The van der Waals surface area contributed by atoms with Crippen LogP contribution in [0.5, 0.6) is 0 Å². The molecule has 5 N–H and O–H groups in total. The van der Waals surface area contributed by atoms with Gasteiger partial charge in [0.25, 0.3) is 11.8 Å². The number of carbonyl (C=O) groups is 11. The van der Waals surface area contributed by atoms with Crippen LogP contribution in [0.25, 0.3) is 34.0 Å². The van der Waals surface area contributed by atoms with Crippen molar-refractivity contribution in [2.75, 3.05) is 26.3 Å². The molecule has 2 fully saturated rings. The van der Waals surface area contributed by atoms with E-state index in [2.05, 4.69) is 31.5 Å². The minimum absolute atomic E-state index is 0.0303. The first-order valence-electron chi connectivity index (χ1n) is 34.7. The van der Waals surface area contributed by atoms with Crippen LogP contribution in [0.2, 0.25) is 0 Å². The van der Waals surface area contributed by atoms with Crippen molar-refractivity contribution in [2.24, 2.45) is 34.5 Å². The Morgan fingerprint density at radius 1 is 0.557 bits per heavy atom. The highest BCUT2D eigenvalue weighted by molar-refractivity contribution is 6.68. The molecule has 584 valence electrons. The van der Waals surface area contributed by atoms with Crippen molar-refractivity contribution in [3.8, 4) is 0 Å². The predicted molar refractivity (Wildman–Crippen MR) is 407 cm³/mol. The molecule has 2 saturated heterocycles. The topological polar surface area (TPSA) is 335 Å². The molecule has 2 aliphatic rings. The fourth-order valence-corrected chi connectivity index (χ4v) is 10.9. The van der Waals surface area contributed by atoms with Gasteiger partial charge >= 0.3 is 35.8 Å². The maximum Gasteiger partial charge on any atom is 0.325 e. The molecule has 2 aromatic heterocycles. The Hall–Kier alpha value is -7.23. The van der Waals surface area contributed by atoms with Crippen LogP contribution < -0.4 is 21.5 Å². The molecule has 6 rings (SSSR count). The number of benzene rings is 2. The average molecular weight is 1600 g/mol. The second kappa shape index (κ2) is 40.3.